The maximum Gasteiger partial charge on any atom is 0.184 e. The average Bonchev–Trinajstić information content (AvgIpc) is 2.75. The zero-order chi connectivity index (χ0) is 12.2. The molecule has 0 amide bonds. The highest BCUT2D eigenvalue weighted by Gasteiger charge is 2.60. The molecule has 0 N–H and O–H groups in total. The van der Waals surface area contributed by atoms with Gasteiger partial charge in [0.05, 0.1) is 12.7 Å². The van der Waals surface area contributed by atoms with Crippen molar-refractivity contribution in [2.24, 2.45) is 5.41 Å². The second-order valence-corrected chi connectivity index (χ2v) is 11.3. The van der Waals surface area contributed by atoms with Crippen LogP contribution in [0.15, 0.2) is 11.6 Å². The Bertz CT molecular complexity index is 321. The SMILES string of the molecule is CC1=CC(O[Si](C)(C)C)CC(C)(C)C12CO2. The Balaban J connectivity index is 2.19. The fourth-order valence-corrected chi connectivity index (χ4v) is 3.95. The summed E-state index contributed by atoms with van der Waals surface area (Å²) in [7, 11) is -1.45. The van der Waals surface area contributed by atoms with Gasteiger partial charge >= 0.3 is 0 Å². The fourth-order valence-electron chi connectivity index (χ4n) is 2.89. The molecule has 92 valence electrons. The molecule has 2 unspecified atom stereocenters. The number of hydrogen-bond acceptors (Lipinski definition) is 2. The highest BCUT2D eigenvalue weighted by Crippen LogP contribution is 2.55. The monoisotopic (exact) mass is 240 g/mol. The molecule has 0 aromatic carbocycles. The van der Waals surface area contributed by atoms with Crippen molar-refractivity contribution in [3.63, 3.8) is 0 Å². The van der Waals surface area contributed by atoms with Crippen molar-refractivity contribution in [3.05, 3.63) is 11.6 Å². The summed E-state index contributed by atoms with van der Waals surface area (Å²) in [5, 5.41) is 0. The van der Waals surface area contributed by atoms with Crippen molar-refractivity contribution in [3.8, 4) is 0 Å². The van der Waals surface area contributed by atoms with Crippen LogP contribution in [0, 0.1) is 5.41 Å². The zero-order valence-electron chi connectivity index (χ0n) is 11.4. The van der Waals surface area contributed by atoms with E-state index in [9.17, 15) is 0 Å². The van der Waals surface area contributed by atoms with E-state index in [4.69, 9.17) is 9.16 Å². The molecule has 1 aliphatic carbocycles. The molecule has 2 atom stereocenters. The van der Waals surface area contributed by atoms with Crippen LogP contribution in [0.2, 0.25) is 19.6 Å². The second-order valence-electron chi connectivity index (χ2n) is 6.82. The lowest BCUT2D eigenvalue weighted by Gasteiger charge is -2.41. The standard InChI is InChI=1S/C13H24O2Si/c1-10-7-11(15-16(4,5)6)8-12(2,3)13(10)9-14-13/h7,11H,8-9H2,1-6H3. The van der Waals surface area contributed by atoms with Gasteiger partial charge in [-0.05, 0) is 38.6 Å². The number of rotatable bonds is 2. The van der Waals surface area contributed by atoms with Gasteiger partial charge in [0.25, 0.3) is 0 Å². The van der Waals surface area contributed by atoms with Crippen molar-refractivity contribution >= 4 is 8.32 Å². The van der Waals surface area contributed by atoms with Crippen molar-refractivity contribution in [2.45, 2.75) is 58.5 Å². The molecule has 1 saturated heterocycles. The van der Waals surface area contributed by atoms with E-state index in [1.807, 2.05) is 0 Å². The van der Waals surface area contributed by atoms with Crippen molar-refractivity contribution in [1.82, 2.24) is 0 Å². The molecule has 0 aromatic heterocycles. The van der Waals surface area contributed by atoms with Crippen molar-refractivity contribution < 1.29 is 9.16 Å². The lowest BCUT2D eigenvalue weighted by Crippen LogP contribution is -2.44. The smallest absolute Gasteiger partial charge is 0.184 e. The summed E-state index contributed by atoms with van der Waals surface area (Å²) in [6.07, 6.45) is 3.65. The van der Waals surface area contributed by atoms with Crippen LogP contribution in [-0.4, -0.2) is 26.6 Å². The van der Waals surface area contributed by atoms with Crippen LogP contribution >= 0.6 is 0 Å². The van der Waals surface area contributed by atoms with Crippen molar-refractivity contribution in [2.75, 3.05) is 6.61 Å². The first kappa shape index (κ1) is 12.3. The Hall–Kier alpha value is -0.123. The van der Waals surface area contributed by atoms with Gasteiger partial charge in [0.2, 0.25) is 0 Å². The van der Waals surface area contributed by atoms with E-state index in [0.717, 1.165) is 13.0 Å². The molecule has 0 saturated carbocycles. The van der Waals surface area contributed by atoms with Crippen LogP contribution in [0.25, 0.3) is 0 Å². The minimum Gasteiger partial charge on any atom is -0.411 e. The molecule has 16 heavy (non-hydrogen) atoms. The van der Waals surface area contributed by atoms with E-state index in [0.29, 0.717) is 0 Å². The average molecular weight is 240 g/mol. The first-order valence-corrected chi connectivity index (χ1v) is 9.58. The summed E-state index contributed by atoms with van der Waals surface area (Å²) in [5.41, 5.74) is 1.61. The summed E-state index contributed by atoms with van der Waals surface area (Å²) in [6, 6.07) is 0. The Kier molecular flexibility index (Phi) is 2.65. The third-order valence-corrected chi connectivity index (χ3v) is 4.83. The molecule has 1 aliphatic heterocycles. The van der Waals surface area contributed by atoms with E-state index in [1.54, 1.807) is 0 Å². The second kappa shape index (κ2) is 3.44. The van der Waals surface area contributed by atoms with Gasteiger partial charge in [-0.3, -0.25) is 0 Å². The van der Waals surface area contributed by atoms with Gasteiger partial charge in [0.15, 0.2) is 8.32 Å². The van der Waals surface area contributed by atoms with E-state index in [-0.39, 0.29) is 17.1 Å². The summed E-state index contributed by atoms with van der Waals surface area (Å²) in [4.78, 5) is 0. The summed E-state index contributed by atoms with van der Waals surface area (Å²) in [5.74, 6) is 0. The maximum atomic E-state index is 6.21. The molecule has 2 nitrogen and oxygen atoms in total. The predicted octanol–water partition coefficient (Wildman–Crippen LogP) is 3.35. The van der Waals surface area contributed by atoms with Gasteiger partial charge in [-0.1, -0.05) is 19.9 Å². The minimum absolute atomic E-state index is 0.0340. The Labute approximate surface area is 100 Å². The highest BCUT2D eigenvalue weighted by atomic mass is 28.4. The first-order valence-electron chi connectivity index (χ1n) is 6.17. The Morgan fingerprint density at radius 3 is 2.31 bits per heavy atom. The number of ether oxygens (including phenoxy) is 1. The maximum absolute atomic E-state index is 6.21. The molecule has 0 aromatic rings. The molecule has 3 heteroatoms. The molecule has 1 spiro atoms. The van der Waals surface area contributed by atoms with Crippen LogP contribution in [0.4, 0.5) is 0 Å². The van der Waals surface area contributed by atoms with Crippen LogP contribution < -0.4 is 0 Å². The summed E-state index contributed by atoms with van der Waals surface area (Å²) in [6.45, 7) is 14.4. The quantitative estimate of drug-likeness (QED) is 0.419. The summed E-state index contributed by atoms with van der Waals surface area (Å²) < 4.78 is 11.9. The van der Waals surface area contributed by atoms with Crippen LogP contribution in [-0.2, 0) is 9.16 Å². The van der Waals surface area contributed by atoms with Crippen LogP contribution in [0.5, 0.6) is 0 Å². The molecule has 2 rings (SSSR count). The molecule has 1 fully saturated rings. The van der Waals surface area contributed by atoms with Gasteiger partial charge < -0.3 is 9.16 Å². The van der Waals surface area contributed by atoms with Gasteiger partial charge in [-0.25, -0.2) is 0 Å². The molecule has 2 aliphatic rings. The van der Waals surface area contributed by atoms with Crippen molar-refractivity contribution in [1.29, 1.82) is 0 Å². The normalized spacial score (nSPS) is 37.4. The number of hydrogen-bond donors (Lipinski definition) is 0. The molecule has 1 heterocycles. The van der Waals surface area contributed by atoms with Gasteiger partial charge in [-0.2, -0.15) is 0 Å². The minimum atomic E-state index is -1.45. The third kappa shape index (κ3) is 2.00. The van der Waals surface area contributed by atoms with E-state index < -0.39 is 8.32 Å². The zero-order valence-corrected chi connectivity index (χ0v) is 12.4. The van der Waals surface area contributed by atoms with E-state index in [1.165, 1.54) is 5.57 Å². The summed E-state index contributed by atoms with van der Waals surface area (Å²) >= 11 is 0. The van der Waals surface area contributed by atoms with Gasteiger partial charge in [0, 0.05) is 5.41 Å². The fraction of sp³-hybridized carbons (Fsp3) is 0.846. The largest absolute Gasteiger partial charge is 0.411 e. The lowest BCUT2D eigenvalue weighted by atomic mass is 9.68. The van der Waals surface area contributed by atoms with E-state index >= 15 is 0 Å². The molecular weight excluding hydrogens is 216 g/mol. The molecular formula is C13H24O2Si. The lowest BCUT2D eigenvalue weighted by molar-refractivity contribution is 0.0845. The van der Waals surface area contributed by atoms with E-state index in [2.05, 4.69) is 46.5 Å². The van der Waals surface area contributed by atoms with Crippen LogP contribution in [0.1, 0.15) is 27.2 Å². The van der Waals surface area contributed by atoms with Gasteiger partial charge in [0.1, 0.15) is 5.60 Å². The predicted molar refractivity (Wildman–Crippen MR) is 69.1 cm³/mol. The highest BCUT2D eigenvalue weighted by molar-refractivity contribution is 6.69. The Morgan fingerprint density at radius 2 is 1.94 bits per heavy atom. The molecule has 0 radical (unpaired) electrons. The first-order chi connectivity index (χ1) is 7.16. The van der Waals surface area contributed by atoms with Gasteiger partial charge in [-0.15, -0.1) is 0 Å². The van der Waals surface area contributed by atoms with Crippen LogP contribution in [0.3, 0.4) is 0 Å². The molecule has 0 bridgehead atoms. The third-order valence-electron chi connectivity index (χ3n) is 3.82. The number of epoxide rings is 1. The topological polar surface area (TPSA) is 21.8 Å². The Morgan fingerprint density at radius 1 is 1.38 bits per heavy atom.